The Labute approximate surface area is 303 Å². The van der Waals surface area contributed by atoms with E-state index >= 15 is 8.78 Å². The summed E-state index contributed by atoms with van der Waals surface area (Å²) in [4.78, 5) is 28.7. The third kappa shape index (κ3) is 8.03. The van der Waals surface area contributed by atoms with Crippen LogP contribution in [-0.4, -0.2) is 14.7 Å². The molecule has 0 unspecified atom stereocenters. The van der Waals surface area contributed by atoms with Gasteiger partial charge in [0.1, 0.15) is 0 Å². The average Bonchev–Trinajstić information content (AvgIpc) is 3.14. The van der Waals surface area contributed by atoms with E-state index in [0.29, 0.717) is 18.3 Å². The third-order valence-corrected chi connectivity index (χ3v) is 16.6. The van der Waals surface area contributed by atoms with Crippen molar-refractivity contribution in [3.05, 3.63) is 168 Å². The number of rotatable bonds is 13. The Morgan fingerprint density at radius 2 is 0.820 bits per heavy atom. The van der Waals surface area contributed by atoms with Crippen LogP contribution >= 0.6 is 40.5 Å². The monoisotopic (exact) mass is 912 g/mol. The van der Waals surface area contributed by atoms with Crippen LogP contribution in [0.3, 0.4) is 0 Å². The first-order valence-electron chi connectivity index (χ1n) is 15.5. The maximum absolute atomic E-state index is 15.8. The summed E-state index contributed by atoms with van der Waals surface area (Å²) in [5, 5.41) is 0. The molecule has 5 rings (SSSR count). The third-order valence-electron chi connectivity index (χ3n) is 7.56. The molecule has 0 atom stereocenters. The van der Waals surface area contributed by atoms with Gasteiger partial charge in [-0.1, -0.05) is 0 Å². The SMILES string of the molecule is CC(C)c1ccccc1I(OB(OI(C(=O)c1ccccc1)c1ccccc1C(C)C)c1c(F)c(F)c(F)c(F)c1F)C(=O)c1ccccc1. The molecule has 0 heterocycles. The molecule has 0 aliphatic rings. The molecule has 0 saturated carbocycles. The molecule has 12 heteroatoms. The molecular formula is C38H32BF5I2O4. The van der Waals surface area contributed by atoms with Gasteiger partial charge in [0.15, 0.2) is 0 Å². The van der Waals surface area contributed by atoms with Gasteiger partial charge in [-0.05, 0) is 0 Å². The van der Waals surface area contributed by atoms with Crippen LogP contribution in [0, 0.1) is 36.2 Å². The van der Waals surface area contributed by atoms with E-state index in [4.69, 9.17) is 5.97 Å². The maximum atomic E-state index is 15.8. The Morgan fingerprint density at radius 3 is 1.18 bits per heavy atom. The summed E-state index contributed by atoms with van der Waals surface area (Å²) in [6.45, 7) is 7.57. The fourth-order valence-corrected chi connectivity index (χ4v) is 14.7. The van der Waals surface area contributed by atoms with E-state index in [-0.39, 0.29) is 23.0 Å². The Bertz CT molecular complexity index is 1860. The van der Waals surface area contributed by atoms with Crippen LogP contribution < -0.4 is 5.46 Å². The van der Waals surface area contributed by atoms with E-state index in [0.717, 1.165) is 0 Å². The topological polar surface area (TPSA) is 52.6 Å². The summed E-state index contributed by atoms with van der Waals surface area (Å²) >= 11 is -7.77. The van der Waals surface area contributed by atoms with E-state index in [1.807, 2.05) is 27.7 Å². The fourth-order valence-electron chi connectivity index (χ4n) is 4.99. The molecule has 0 aliphatic heterocycles. The van der Waals surface area contributed by atoms with Crippen LogP contribution in [0.1, 0.15) is 71.4 Å². The summed E-state index contributed by atoms with van der Waals surface area (Å²) in [7, 11) is -2.32. The number of carbonyl (C=O) groups is 2. The van der Waals surface area contributed by atoms with Gasteiger partial charge in [-0.15, -0.1) is 0 Å². The normalized spacial score (nSPS) is 11.9. The van der Waals surface area contributed by atoms with Crippen molar-refractivity contribution in [3.63, 3.8) is 0 Å². The van der Waals surface area contributed by atoms with Crippen molar-refractivity contribution >= 4 is 60.6 Å². The molecule has 0 bridgehead atoms. The number of hydrogen-bond acceptors (Lipinski definition) is 4. The van der Waals surface area contributed by atoms with Crippen LogP contribution in [0.4, 0.5) is 22.0 Å². The van der Waals surface area contributed by atoms with Gasteiger partial charge in [0.25, 0.3) is 0 Å². The first kappa shape index (κ1) is 37.8. The average molecular weight is 912 g/mol. The van der Waals surface area contributed by atoms with Crippen LogP contribution in [0.5, 0.6) is 0 Å². The summed E-state index contributed by atoms with van der Waals surface area (Å²) in [6, 6.07) is 30.0. The Kier molecular flexibility index (Phi) is 12.6. The van der Waals surface area contributed by atoms with Crippen LogP contribution in [-0.2, 0) is 5.97 Å². The Morgan fingerprint density at radius 1 is 0.500 bits per heavy atom. The van der Waals surface area contributed by atoms with Crippen LogP contribution in [0.25, 0.3) is 0 Å². The van der Waals surface area contributed by atoms with Crippen LogP contribution in [0.15, 0.2) is 109 Å². The van der Waals surface area contributed by atoms with Gasteiger partial charge >= 0.3 is 305 Å². The van der Waals surface area contributed by atoms with Crippen molar-refractivity contribution in [1.82, 2.24) is 0 Å². The summed E-state index contributed by atoms with van der Waals surface area (Å²) in [5.41, 5.74) is 0.469. The zero-order chi connectivity index (χ0) is 36.1. The molecule has 0 amide bonds. The molecule has 0 aliphatic carbocycles. The second-order valence-electron chi connectivity index (χ2n) is 11.6. The van der Waals surface area contributed by atoms with E-state index < -0.39 is 89.7 Å². The molecule has 50 heavy (non-hydrogen) atoms. The van der Waals surface area contributed by atoms with Gasteiger partial charge in [0, 0.05) is 0 Å². The zero-order valence-corrected chi connectivity index (χ0v) is 31.7. The number of hydrogen-bond donors (Lipinski definition) is 0. The zero-order valence-electron chi connectivity index (χ0n) is 27.4. The fraction of sp³-hybridized carbons (Fsp3) is 0.158. The molecule has 4 nitrogen and oxygen atoms in total. The molecule has 0 saturated heterocycles. The molecule has 0 radical (unpaired) electrons. The molecule has 5 aromatic rings. The molecule has 5 aromatic carbocycles. The van der Waals surface area contributed by atoms with Crippen molar-refractivity contribution in [3.8, 4) is 0 Å². The molecule has 0 aromatic heterocycles. The second kappa shape index (κ2) is 16.7. The molecule has 0 N–H and O–H groups in total. The van der Waals surface area contributed by atoms with Gasteiger partial charge < -0.3 is 0 Å². The van der Waals surface area contributed by atoms with Gasteiger partial charge in [-0.2, -0.15) is 0 Å². The molecular weight excluding hydrogens is 880 g/mol. The number of halogens is 7. The van der Waals surface area contributed by atoms with E-state index in [9.17, 15) is 22.8 Å². The molecule has 0 fully saturated rings. The van der Waals surface area contributed by atoms with Gasteiger partial charge in [0.2, 0.25) is 0 Å². The Hall–Kier alpha value is -3.47. The standard InChI is InChI=1S/C38H32BF5I2O4/c1-23(2)27-19-11-13-21-29(27)45(37(47)25-15-7-5-8-16-25)49-39(31-32(40)34(42)36(44)35(43)33(31)41)50-46(38(48)26-17-9-6-10-18-26)30-22-14-12-20-28(30)24(3)4/h5-24H,1-4H3. The summed E-state index contributed by atoms with van der Waals surface area (Å²) in [6.07, 6.45) is 0. The predicted octanol–water partition coefficient (Wildman–Crippen LogP) is 10.6. The first-order valence-corrected chi connectivity index (χ1v) is 21.6. The van der Waals surface area contributed by atoms with Crippen molar-refractivity contribution in [2.75, 3.05) is 0 Å². The summed E-state index contributed by atoms with van der Waals surface area (Å²) < 4.78 is 88.5. The van der Waals surface area contributed by atoms with Crippen LogP contribution in [0.2, 0.25) is 0 Å². The van der Waals surface area contributed by atoms with Crippen molar-refractivity contribution < 1.29 is 37.5 Å². The second-order valence-corrected chi connectivity index (χ2v) is 19.8. The minimum atomic E-state index is -3.89. The van der Waals surface area contributed by atoms with Crippen molar-refractivity contribution in [2.24, 2.45) is 0 Å². The van der Waals surface area contributed by atoms with E-state index in [2.05, 4.69) is 0 Å². The molecule has 260 valence electrons. The van der Waals surface area contributed by atoms with Crippen molar-refractivity contribution in [1.29, 1.82) is 0 Å². The van der Waals surface area contributed by atoms with Crippen molar-refractivity contribution in [2.45, 2.75) is 39.5 Å². The van der Waals surface area contributed by atoms with Gasteiger partial charge in [-0.25, -0.2) is 0 Å². The van der Waals surface area contributed by atoms with Gasteiger partial charge in [0.05, 0.1) is 0 Å². The van der Waals surface area contributed by atoms with Gasteiger partial charge in [-0.3, -0.25) is 0 Å². The van der Waals surface area contributed by atoms with E-state index in [1.54, 1.807) is 109 Å². The Balaban J connectivity index is 1.77. The first-order chi connectivity index (χ1) is 23.9. The number of benzene rings is 5. The summed E-state index contributed by atoms with van der Waals surface area (Å²) in [5.74, 6) is -11.4. The predicted molar refractivity (Wildman–Crippen MR) is 202 cm³/mol. The van der Waals surface area contributed by atoms with E-state index in [1.165, 1.54) is 0 Å². The molecule has 0 spiro atoms. The minimum absolute atomic E-state index is 0.132. The number of carbonyl (C=O) groups excluding carboxylic acids is 2. The quantitative estimate of drug-likeness (QED) is 0.0295.